The Morgan fingerprint density at radius 2 is 1.88 bits per heavy atom. The van der Waals surface area contributed by atoms with Crippen LogP contribution in [0.1, 0.15) is 30.1 Å². The highest BCUT2D eigenvalue weighted by Gasteiger charge is 2.19. The average Bonchev–Trinajstić information content (AvgIpc) is 3.53. The van der Waals surface area contributed by atoms with Crippen LogP contribution in [0.15, 0.2) is 67.0 Å². The number of benzene rings is 2. The largest absolute Gasteiger partial charge is 0.346 e. The van der Waals surface area contributed by atoms with Crippen molar-refractivity contribution in [3.63, 3.8) is 0 Å². The number of hydrogen-bond acceptors (Lipinski definition) is 3. The SMILES string of the molecule is [C-]#[N+]c1ccc(-c2c(-c3ccc(C(=O)CC)cc3)ncc3c2ccn3C[C@@H]2CCNC2)cc1. The first-order valence-corrected chi connectivity index (χ1v) is 11.5. The normalized spacial score (nSPS) is 15.6. The van der Waals surface area contributed by atoms with Crippen molar-refractivity contribution in [3.05, 3.63) is 84.0 Å². The number of nitrogens with one attached hydrogen (secondary N) is 1. The Morgan fingerprint density at radius 3 is 2.55 bits per heavy atom. The maximum atomic E-state index is 12.1. The minimum atomic E-state index is 0.137. The summed E-state index contributed by atoms with van der Waals surface area (Å²) in [6.45, 7) is 12.3. The molecule has 0 aliphatic carbocycles. The van der Waals surface area contributed by atoms with Crippen LogP contribution >= 0.6 is 0 Å². The number of Topliss-reactive ketones (excluding diaryl/α,β-unsaturated/α-hetero) is 1. The third-order valence-corrected chi connectivity index (χ3v) is 6.53. The van der Waals surface area contributed by atoms with E-state index < -0.39 is 0 Å². The van der Waals surface area contributed by atoms with E-state index >= 15 is 0 Å². The summed E-state index contributed by atoms with van der Waals surface area (Å²) >= 11 is 0. The van der Waals surface area contributed by atoms with Crippen molar-refractivity contribution >= 4 is 22.4 Å². The standard InChI is InChI=1S/C28H26N4O/c1-3-26(33)20-4-6-22(7-5-20)28-27(21-8-10-23(29-2)11-9-21)24-13-15-32(25(24)17-31-28)18-19-12-14-30-16-19/h4-11,13,15,17,19,30H,3,12,14,16,18H2,1H3/t19-/m1/s1. The van der Waals surface area contributed by atoms with E-state index in [1.54, 1.807) is 0 Å². The van der Waals surface area contributed by atoms with Crippen molar-refractivity contribution in [1.29, 1.82) is 0 Å². The van der Waals surface area contributed by atoms with E-state index in [2.05, 4.69) is 27.0 Å². The second-order valence-electron chi connectivity index (χ2n) is 8.62. The smallest absolute Gasteiger partial charge is 0.187 e. The molecule has 1 atom stereocenters. The van der Waals surface area contributed by atoms with Gasteiger partial charge in [-0.05, 0) is 37.1 Å². The number of aromatic nitrogens is 2. The maximum absolute atomic E-state index is 12.1. The number of pyridine rings is 1. The zero-order valence-corrected chi connectivity index (χ0v) is 18.7. The molecule has 1 saturated heterocycles. The monoisotopic (exact) mass is 434 g/mol. The molecular formula is C28H26N4O. The number of nitrogens with zero attached hydrogens (tertiary/aromatic N) is 3. The molecule has 3 heterocycles. The van der Waals surface area contributed by atoms with Crippen LogP contribution in [0, 0.1) is 12.5 Å². The summed E-state index contributed by atoms with van der Waals surface area (Å²) in [5.74, 6) is 0.767. The first-order chi connectivity index (χ1) is 16.2. The van der Waals surface area contributed by atoms with Crippen molar-refractivity contribution in [2.45, 2.75) is 26.3 Å². The van der Waals surface area contributed by atoms with Gasteiger partial charge in [0.25, 0.3) is 0 Å². The fourth-order valence-corrected chi connectivity index (χ4v) is 4.70. The quantitative estimate of drug-likeness (QED) is 0.294. The lowest BCUT2D eigenvalue weighted by Crippen LogP contribution is -2.14. The van der Waals surface area contributed by atoms with Crippen LogP contribution in [0.4, 0.5) is 5.69 Å². The lowest BCUT2D eigenvalue weighted by atomic mass is 9.95. The zero-order chi connectivity index (χ0) is 22.8. The molecule has 1 aliphatic rings. The average molecular weight is 435 g/mol. The molecule has 5 heteroatoms. The van der Waals surface area contributed by atoms with Gasteiger partial charge in [-0.2, -0.15) is 0 Å². The Morgan fingerprint density at radius 1 is 1.12 bits per heavy atom. The van der Waals surface area contributed by atoms with Crippen molar-refractivity contribution in [3.8, 4) is 22.4 Å². The molecular weight excluding hydrogens is 408 g/mol. The molecule has 1 N–H and O–H groups in total. The molecule has 0 radical (unpaired) electrons. The second kappa shape index (κ2) is 9.01. The van der Waals surface area contributed by atoms with Crippen molar-refractivity contribution in [2.24, 2.45) is 5.92 Å². The predicted octanol–water partition coefficient (Wildman–Crippen LogP) is 6.12. The maximum Gasteiger partial charge on any atom is 0.187 e. The van der Waals surface area contributed by atoms with E-state index in [0.717, 1.165) is 58.5 Å². The highest BCUT2D eigenvalue weighted by atomic mass is 16.1. The zero-order valence-electron chi connectivity index (χ0n) is 18.7. The molecule has 2 aromatic heterocycles. The number of carbonyl (C=O) groups is 1. The fraction of sp³-hybridized carbons (Fsp3) is 0.250. The van der Waals surface area contributed by atoms with E-state index in [1.807, 2.05) is 61.7 Å². The molecule has 0 unspecified atom stereocenters. The van der Waals surface area contributed by atoms with Gasteiger partial charge in [-0.3, -0.25) is 9.78 Å². The van der Waals surface area contributed by atoms with Crippen molar-refractivity contribution in [1.82, 2.24) is 14.9 Å². The predicted molar refractivity (Wildman–Crippen MR) is 132 cm³/mol. The second-order valence-corrected chi connectivity index (χ2v) is 8.62. The van der Waals surface area contributed by atoms with Gasteiger partial charge in [0.05, 0.1) is 24.0 Å². The van der Waals surface area contributed by atoms with Gasteiger partial charge < -0.3 is 9.88 Å². The Labute approximate surface area is 193 Å². The molecule has 0 saturated carbocycles. The highest BCUT2D eigenvalue weighted by Crippen LogP contribution is 2.38. The van der Waals surface area contributed by atoms with Gasteiger partial charge in [-0.1, -0.05) is 55.5 Å². The molecule has 33 heavy (non-hydrogen) atoms. The number of hydrogen-bond donors (Lipinski definition) is 1. The molecule has 0 amide bonds. The molecule has 5 rings (SSSR count). The van der Waals surface area contributed by atoms with Crippen LogP contribution in [-0.4, -0.2) is 28.4 Å². The van der Waals surface area contributed by atoms with E-state index in [-0.39, 0.29) is 5.78 Å². The molecule has 2 aromatic carbocycles. The summed E-state index contributed by atoms with van der Waals surface area (Å²) in [5, 5.41) is 4.60. The van der Waals surface area contributed by atoms with Crippen LogP contribution in [0.5, 0.6) is 0 Å². The van der Waals surface area contributed by atoms with Gasteiger partial charge in [-0.15, -0.1) is 0 Å². The Hall–Kier alpha value is -3.75. The Bertz CT molecular complexity index is 1340. The Balaban J connectivity index is 1.64. The van der Waals surface area contributed by atoms with E-state index in [9.17, 15) is 4.79 Å². The molecule has 1 fully saturated rings. The first kappa shape index (κ1) is 21.1. The molecule has 0 spiro atoms. The minimum Gasteiger partial charge on any atom is -0.346 e. The minimum absolute atomic E-state index is 0.137. The van der Waals surface area contributed by atoms with Gasteiger partial charge in [0.1, 0.15) is 0 Å². The number of ketones is 1. The van der Waals surface area contributed by atoms with Crippen LogP contribution in [0.25, 0.3) is 38.1 Å². The summed E-state index contributed by atoms with van der Waals surface area (Å²) in [7, 11) is 0. The van der Waals surface area contributed by atoms with Crippen molar-refractivity contribution < 1.29 is 4.79 Å². The molecule has 5 nitrogen and oxygen atoms in total. The Kier molecular flexibility index (Phi) is 5.77. The molecule has 0 bridgehead atoms. The van der Waals surface area contributed by atoms with Gasteiger partial charge in [0.2, 0.25) is 0 Å². The summed E-state index contributed by atoms with van der Waals surface area (Å²) in [6.07, 6.45) is 5.81. The van der Waals surface area contributed by atoms with E-state index in [0.29, 0.717) is 18.0 Å². The van der Waals surface area contributed by atoms with Gasteiger partial charge in [-0.25, -0.2) is 4.85 Å². The molecule has 1 aliphatic heterocycles. The van der Waals surface area contributed by atoms with Crippen LogP contribution < -0.4 is 5.32 Å². The van der Waals surface area contributed by atoms with Gasteiger partial charge in [0, 0.05) is 41.2 Å². The van der Waals surface area contributed by atoms with E-state index in [1.165, 1.54) is 6.42 Å². The summed E-state index contributed by atoms with van der Waals surface area (Å²) in [4.78, 5) is 20.5. The van der Waals surface area contributed by atoms with Crippen molar-refractivity contribution in [2.75, 3.05) is 13.1 Å². The third kappa shape index (κ3) is 4.06. The van der Waals surface area contributed by atoms with Crippen LogP contribution in [0.2, 0.25) is 0 Å². The van der Waals surface area contributed by atoms with Crippen LogP contribution in [0.3, 0.4) is 0 Å². The fourth-order valence-electron chi connectivity index (χ4n) is 4.70. The summed E-state index contributed by atoms with van der Waals surface area (Å²) in [6, 6.07) is 17.6. The summed E-state index contributed by atoms with van der Waals surface area (Å²) < 4.78 is 2.31. The lowest BCUT2D eigenvalue weighted by Gasteiger charge is -2.14. The number of rotatable bonds is 6. The summed E-state index contributed by atoms with van der Waals surface area (Å²) in [5.41, 5.74) is 6.41. The van der Waals surface area contributed by atoms with E-state index in [4.69, 9.17) is 11.6 Å². The first-order valence-electron chi connectivity index (χ1n) is 11.5. The van der Waals surface area contributed by atoms with Gasteiger partial charge >= 0.3 is 0 Å². The molecule has 4 aromatic rings. The topological polar surface area (TPSA) is 51.3 Å². The van der Waals surface area contributed by atoms with Gasteiger partial charge in [0.15, 0.2) is 11.5 Å². The lowest BCUT2D eigenvalue weighted by molar-refractivity contribution is 0.0988. The number of fused-ring (bicyclic) bond motifs is 1. The third-order valence-electron chi connectivity index (χ3n) is 6.53. The number of carbonyl (C=O) groups excluding carboxylic acids is 1. The van der Waals surface area contributed by atoms with Crippen LogP contribution in [-0.2, 0) is 6.54 Å². The highest BCUT2D eigenvalue weighted by molar-refractivity contribution is 6.02. The molecule has 164 valence electrons.